The van der Waals surface area contributed by atoms with Crippen LogP contribution in [-0.4, -0.2) is 29.1 Å². The molecule has 1 rings (SSSR count). The molecule has 98 valence electrons. The molecule has 0 radical (unpaired) electrons. The van der Waals surface area contributed by atoms with Crippen LogP contribution in [0.5, 0.6) is 0 Å². The van der Waals surface area contributed by atoms with E-state index in [1.807, 2.05) is 0 Å². The maximum Gasteiger partial charge on any atom is 0.282 e. The Morgan fingerprint density at radius 1 is 1.39 bits per heavy atom. The van der Waals surface area contributed by atoms with Crippen LogP contribution in [0.2, 0.25) is 10.0 Å². The van der Waals surface area contributed by atoms with E-state index < -0.39 is 11.7 Å². The Kier molecular flexibility index (Phi) is 5.59. The van der Waals surface area contributed by atoms with Crippen molar-refractivity contribution in [3.8, 4) is 0 Å². The van der Waals surface area contributed by atoms with E-state index in [0.29, 0.717) is 15.6 Å². The van der Waals surface area contributed by atoms with Gasteiger partial charge in [-0.2, -0.15) is 0 Å². The van der Waals surface area contributed by atoms with Crippen LogP contribution in [0.4, 0.5) is 4.39 Å². The molecule has 0 saturated heterocycles. The van der Waals surface area contributed by atoms with Gasteiger partial charge >= 0.3 is 0 Å². The number of amides is 1. The summed E-state index contributed by atoms with van der Waals surface area (Å²) >= 11 is 11.6. The van der Waals surface area contributed by atoms with E-state index in [2.05, 4.69) is 6.58 Å². The first-order valence-electron chi connectivity index (χ1n) is 5.14. The molecule has 1 aromatic carbocycles. The van der Waals surface area contributed by atoms with Gasteiger partial charge in [-0.3, -0.25) is 4.79 Å². The number of hydrogen-bond acceptors (Lipinski definition) is 2. The lowest BCUT2D eigenvalue weighted by molar-refractivity contribution is -0.129. The number of nitrogens with zero attached hydrogens (tertiary/aromatic N) is 1. The van der Waals surface area contributed by atoms with Crippen LogP contribution in [0.1, 0.15) is 5.56 Å². The van der Waals surface area contributed by atoms with Crippen molar-refractivity contribution in [1.29, 1.82) is 0 Å². The average Bonchev–Trinajstić information content (AvgIpc) is 2.32. The summed E-state index contributed by atoms with van der Waals surface area (Å²) in [5.41, 5.74) is 0.687. The van der Waals surface area contributed by atoms with E-state index in [-0.39, 0.29) is 19.7 Å². The Bertz CT molecular complexity index is 465. The fourth-order valence-electron chi connectivity index (χ4n) is 1.40. The van der Waals surface area contributed by atoms with Crippen LogP contribution in [0, 0.1) is 0 Å². The normalized spacial score (nSPS) is 10.2. The minimum Gasteiger partial charge on any atom is -0.395 e. The summed E-state index contributed by atoms with van der Waals surface area (Å²) in [7, 11) is 0. The second-order valence-corrected chi connectivity index (χ2v) is 4.42. The summed E-state index contributed by atoms with van der Waals surface area (Å²) < 4.78 is 12.8. The molecule has 0 heterocycles. The van der Waals surface area contributed by atoms with Crippen molar-refractivity contribution in [2.24, 2.45) is 0 Å². The van der Waals surface area contributed by atoms with Crippen LogP contribution in [0.3, 0.4) is 0 Å². The molecule has 6 heteroatoms. The smallest absolute Gasteiger partial charge is 0.282 e. The summed E-state index contributed by atoms with van der Waals surface area (Å²) in [5.74, 6) is -1.92. The van der Waals surface area contributed by atoms with Gasteiger partial charge in [0.1, 0.15) is 0 Å². The topological polar surface area (TPSA) is 40.5 Å². The quantitative estimate of drug-likeness (QED) is 0.848. The SMILES string of the molecule is C=C(F)C(=O)N(CCO)Cc1ccc(Cl)c(Cl)c1. The maximum absolute atomic E-state index is 12.8. The largest absolute Gasteiger partial charge is 0.395 e. The van der Waals surface area contributed by atoms with E-state index in [0.717, 1.165) is 4.90 Å². The summed E-state index contributed by atoms with van der Waals surface area (Å²) in [6.45, 7) is 2.82. The molecule has 18 heavy (non-hydrogen) atoms. The summed E-state index contributed by atoms with van der Waals surface area (Å²) in [5, 5.41) is 9.60. The van der Waals surface area contributed by atoms with Crippen molar-refractivity contribution in [2.75, 3.05) is 13.2 Å². The molecule has 0 aliphatic carbocycles. The van der Waals surface area contributed by atoms with E-state index in [1.165, 1.54) is 0 Å². The van der Waals surface area contributed by atoms with E-state index in [1.54, 1.807) is 18.2 Å². The third-order valence-electron chi connectivity index (χ3n) is 2.25. The average molecular weight is 292 g/mol. The number of rotatable bonds is 5. The number of carbonyl (C=O) groups is 1. The van der Waals surface area contributed by atoms with Gasteiger partial charge in [0, 0.05) is 13.1 Å². The molecule has 0 fully saturated rings. The maximum atomic E-state index is 12.8. The first-order valence-corrected chi connectivity index (χ1v) is 5.89. The molecule has 0 unspecified atom stereocenters. The molecule has 0 aliphatic rings. The van der Waals surface area contributed by atoms with Crippen LogP contribution in [-0.2, 0) is 11.3 Å². The van der Waals surface area contributed by atoms with Gasteiger partial charge in [0.25, 0.3) is 5.91 Å². The zero-order valence-electron chi connectivity index (χ0n) is 9.50. The predicted molar refractivity (Wildman–Crippen MR) is 69.2 cm³/mol. The van der Waals surface area contributed by atoms with Crippen molar-refractivity contribution < 1.29 is 14.3 Å². The lowest BCUT2D eigenvalue weighted by Gasteiger charge is -2.20. The molecule has 1 N–H and O–H groups in total. The number of halogens is 3. The molecule has 0 atom stereocenters. The molecule has 1 aromatic rings. The monoisotopic (exact) mass is 291 g/mol. The minimum atomic E-state index is -1.07. The van der Waals surface area contributed by atoms with Crippen molar-refractivity contribution in [2.45, 2.75) is 6.54 Å². The number of aliphatic hydroxyl groups excluding tert-OH is 1. The van der Waals surface area contributed by atoms with Crippen molar-refractivity contribution in [1.82, 2.24) is 4.90 Å². The van der Waals surface area contributed by atoms with Crippen LogP contribution in [0.25, 0.3) is 0 Å². The Morgan fingerprint density at radius 2 is 2.06 bits per heavy atom. The third kappa shape index (κ3) is 3.98. The highest BCUT2D eigenvalue weighted by atomic mass is 35.5. The fourth-order valence-corrected chi connectivity index (χ4v) is 1.72. The zero-order valence-corrected chi connectivity index (χ0v) is 11.0. The zero-order chi connectivity index (χ0) is 13.7. The van der Waals surface area contributed by atoms with Crippen molar-refractivity contribution >= 4 is 29.1 Å². The second-order valence-electron chi connectivity index (χ2n) is 3.60. The van der Waals surface area contributed by atoms with Gasteiger partial charge < -0.3 is 10.0 Å². The van der Waals surface area contributed by atoms with E-state index in [9.17, 15) is 9.18 Å². The molecule has 1 amide bonds. The van der Waals surface area contributed by atoms with Gasteiger partial charge in [0.05, 0.1) is 16.7 Å². The lowest BCUT2D eigenvalue weighted by Crippen LogP contribution is -2.33. The Hall–Kier alpha value is -1.10. The minimum absolute atomic E-state index is 0.0159. The standard InChI is InChI=1S/C12H12Cl2FNO2/c1-8(15)12(18)16(4-5-17)7-9-2-3-10(13)11(14)6-9/h2-3,6,17H,1,4-5,7H2. The molecule has 0 saturated carbocycles. The molecule has 0 spiro atoms. The lowest BCUT2D eigenvalue weighted by atomic mass is 10.2. The third-order valence-corrected chi connectivity index (χ3v) is 2.99. The number of hydrogen-bond donors (Lipinski definition) is 1. The second kappa shape index (κ2) is 6.73. The molecule has 0 aliphatic heterocycles. The number of carbonyl (C=O) groups excluding carboxylic acids is 1. The molecule has 3 nitrogen and oxygen atoms in total. The Balaban J connectivity index is 2.86. The van der Waals surface area contributed by atoms with Gasteiger partial charge in [0.2, 0.25) is 0 Å². The van der Waals surface area contributed by atoms with Gasteiger partial charge in [-0.05, 0) is 17.7 Å². The summed E-state index contributed by atoms with van der Waals surface area (Å²) in [6, 6.07) is 4.85. The van der Waals surface area contributed by atoms with Gasteiger partial charge in [0.15, 0.2) is 5.83 Å². The highest BCUT2D eigenvalue weighted by Crippen LogP contribution is 2.23. The van der Waals surface area contributed by atoms with Crippen molar-refractivity contribution in [3.05, 3.63) is 46.2 Å². The van der Waals surface area contributed by atoms with Crippen LogP contribution in [0.15, 0.2) is 30.6 Å². The predicted octanol–water partition coefficient (Wildman–Crippen LogP) is 2.80. The van der Waals surface area contributed by atoms with E-state index >= 15 is 0 Å². The van der Waals surface area contributed by atoms with Crippen LogP contribution < -0.4 is 0 Å². The Labute approximate surface area is 114 Å². The number of benzene rings is 1. The molecular weight excluding hydrogens is 280 g/mol. The number of aliphatic hydroxyl groups is 1. The molecule has 0 aromatic heterocycles. The highest BCUT2D eigenvalue weighted by Gasteiger charge is 2.16. The fraction of sp³-hybridized carbons (Fsp3) is 0.250. The first-order chi connectivity index (χ1) is 8.45. The van der Waals surface area contributed by atoms with E-state index in [4.69, 9.17) is 28.3 Å². The van der Waals surface area contributed by atoms with Gasteiger partial charge in [-0.25, -0.2) is 4.39 Å². The van der Waals surface area contributed by atoms with Gasteiger partial charge in [-0.1, -0.05) is 35.8 Å². The summed E-state index contributed by atoms with van der Waals surface area (Å²) in [4.78, 5) is 12.6. The Morgan fingerprint density at radius 3 is 2.56 bits per heavy atom. The van der Waals surface area contributed by atoms with Crippen molar-refractivity contribution in [3.63, 3.8) is 0 Å². The van der Waals surface area contributed by atoms with Crippen LogP contribution >= 0.6 is 23.2 Å². The molecule has 0 bridgehead atoms. The molecular formula is C12H12Cl2FNO2. The first kappa shape index (κ1) is 15.0. The highest BCUT2D eigenvalue weighted by molar-refractivity contribution is 6.42. The summed E-state index contributed by atoms with van der Waals surface area (Å²) in [6.07, 6.45) is 0. The van der Waals surface area contributed by atoms with Gasteiger partial charge in [-0.15, -0.1) is 0 Å².